The molecule has 4 aromatic rings. The van der Waals surface area contributed by atoms with Crippen LogP contribution in [0, 0.1) is 23.0 Å². The van der Waals surface area contributed by atoms with Crippen LogP contribution in [0.5, 0.6) is 5.75 Å². The van der Waals surface area contributed by atoms with Gasteiger partial charge in [-0.25, -0.2) is 13.8 Å². The molecule has 2 atom stereocenters. The second-order valence-electron chi connectivity index (χ2n) is 8.05. The van der Waals surface area contributed by atoms with E-state index < -0.39 is 46.4 Å². The zero-order valence-corrected chi connectivity index (χ0v) is 19.2. The summed E-state index contributed by atoms with van der Waals surface area (Å²) in [6.45, 7) is 1.57. The van der Waals surface area contributed by atoms with Crippen LogP contribution in [0.1, 0.15) is 51.9 Å². The highest BCUT2D eigenvalue weighted by Gasteiger charge is 2.33. The molecule has 0 aliphatic heterocycles. The van der Waals surface area contributed by atoms with Gasteiger partial charge in [-0.15, -0.1) is 0 Å². The van der Waals surface area contributed by atoms with Gasteiger partial charge >= 0.3 is 0 Å². The Balaban J connectivity index is 1.90. The predicted octanol–water partition coefficient (Wildman–Crippen LogP) is 2.55. The average molecular weight is 495 g/mol. The first-order valence-electron chi connectivity index (χ1n) is 10.5. The Morgan fingerprint density at radius 3 is 2.69 bits per heavy atom. The molecule has 1 amide bonds. The Bertz CT molecular complexity index is 1550. The third kappa shape index (κ3) is 4.31. The molecule has 11 nitrogen and oxygen atoms in total. The fourth-order valence-electron chi connectivity index (χ4n) is 4.06. The zero-order valence-electron chi connectivity index (χ0n) is 19.2. The fraction of sp³-hybridized carbons (Fsp3) is 0.217. The van der Waals surface area contributed by atoms with E-state index in [-0.39, 0.29) is 28.3 Å². The monoisotopic (exact) mass is 495 g/mol. The molecule has 4 rings (SSSR count). The minimum atomic E-state index is -1.04. The van der Waals surface area contributed by atoms with Crippen molar-refractivity contribution >= 4 is 11.6 Å². The number of carbonyl (C=O) groups excluding carboxylic acids is 1. The number of aromatic hydroxyl groups is 1. The molecule has 0 spiro atoms. The Labute approximate surface area is 202 Å². The minimum Gasteiger partial charge on any atom is -0.501 e. The standard InChI is InChI=1S/C23H19F2N7O4/c1-11(18(14-6-12(24)4-5-16(14)25)15-9-31(2)30-17(15)7-26)21-29-19(20(33)23(35)32(21)3)22(34)28-13-8-27-36-10-13/h4-6,8-11,18,33H,1-3H3,(H,28,34)/t11-,18-/m1/s1. The van der Waals surface area contributed by atoms with Gasteiger partial charge in [0.25, 0.3) is 11.5 Å². The van der Waals surface area contributed by atoms with Gasteiger partial charge in [-0.2, -0.15) is 10.4 Å². The van der Waals surface area contributed by atoms with Gasteiger partial charge in [0.2, 0.25) is 5.75 Å². The lowest BCUT2D eigenvalue weighted by Crippen LogP contribution is -2.29. The van der Waals surface area contributed by atoms with Crippen molar-refractivity contribution in [3.63, 3.8) is 0 Å². The van der Waals surface area contributed by atoms with Crippen molar-refractivity contribution in [1.82, 2.24) is 24.5 Å². The van der Waals surface area contributed by atoms with Crippen LogP contribution in [0.25, 0.3) is 0 Å². The maximum atomic E-state index is 15.0. The second kappa shape index (κ2) is 9.41. The van der Waals surface area contributed by atoms with E-state index in [0.29, 0.717) is 0 Å². The van der Waals surface area contributed by atoms with Gasteiger partial charge in [-0.1, -0.05) is 12.1 Å². The van der Waals surface area contributed by atoms with Crippen molar-refractivity contribution in [3.8, 4) is 11.8 Å². The van der Waals surface area contributed by atoms with E-state index in [1.165, 1.54) is 24.1 Å². The van der Waals surface area contributed by atoms with E-state index in [2.05, 4.69) is 25.1 Å². The van der Waals surface area contributed by atoms with Gasteiger partial charge in [0, 0.05) is 37.7 Å². The van der Waals surface area contributed by atoms with Crippen molar-refractivity contribution in [2.75, 3.05) is 5.32 Å². The highest BCUT2D eigenvalue weighted by atomic mass is 19.1. The van der Waals surface area contributed by atoms with Crippen molar-refractivity contribution in [2.45, 2.75) is 18.8 Å². The van der Waals surface area contributed by atoms with Gasteiger partial charge in [0.05, 0.1) is 6.20 Å². The fourth-order valence-corrected chi connectivity index (χ4v) is 4.06. The van der Waals surface area contributed by atoms with Crippen LogP contribution in [-0.4, -0.2) is 35.5 Å². The molecule has 0 bridgehead atoms. The minimum absolute atomic E-state index is 0.0327. The smallest absolute Gasteiger partial charge is 0.296 e. The van der Waals surface area contributed by atoms with E-state index in [1.807, 2.05) is 6.07 Å². The molecule has 0 fully saturated rings. The molecule has 3 heterocycles. The number of anilines is 1. The number of aryl methyl sites for hydroxylation is 1. The quantitative estimate of drug-likeness (QED) is 0.414. The first kappa shape index (κ1) is 24.3. The number of nitriles is 1. The molecule has 0 radical (unpaired) electrons. The summed E-state index contributed by atoms with van der Waals surface area (Å²) in [4.78, 5) is 29.8. The van der Waals surface area contributed by atoms with E-state index in [1.54, 1.807) is 14.0 Å². The number of rotatable bonds is 6. The van der Waals surface area contributed by atoms with E-state index in [9.17, 15) is 24.3 Å². The van der Waals surface area contributed by atoms with Crippen molar-refractivity contribution < 1.29 is 23.2 Å². The van der Waals surface area contributed by atoms with Gasteiger partial charge in [-0.05, 0) is 23.8 Å². The van der Waals surface area contributed by atoms with Crippen molar-refractivity contribution in [2.24, 2.45) is 14.1 Å². The summed E-state index contributed by atoms with van der Waals surface area (Å²) in [5.41, 5.74) is -1.25. The number of aromatic nitrogens is 5. The van der Waals surface area contributed by atoms with Crippen LogP contribution in [-0.2, 0) is 14.1 Å². The molecule has 0 aliphatic carbocycles. The van der Waals surface area contributed by atoms with Crippen molar-refractivity contribution in [3.05, 3.63) is 87.2 Å². The Morgan fingerprint density at radius 2 is 2.03 bits per heavy atom. The summed E-state index contributed by atoms with van der Waals surface area (Å²) in [5, 5.41) is 29.9. The topological polar surface area (TPSA) is 152 Å². The Kier molecular flexibility index (Phi) is 6.35. The van der Waals surface area contributed by atoms with Crippen LogP contribution < -0.4 is 10.9 Å². The van der Waals surface area contributed by atoms with Gasteiger partial charge in [0.1, 0.15) is 35.5 Å². The van der Waals surface area contributed by atoms with E-state index in [4.69, 9.17) is 0 Å². The number of hydrogen-bond acceptors (Lipinski definition) is 8. The third-order valence-electron chi connectivity index (χ3n) is 5.71. The summed E-state index contributed by atoms with van der Waals surface area (Å²) in [7, 11) is 2.88. The Morgan fingerprint density at radius 1 is 1.28 bits per heavy atom. The predicted molar refractivity (Wildman–Crippen MR) is 120 cm³/mol. The molecule has 0 saturated heterocycles. The van der Waals surface area contributed by atoms with Crippen LogP contribution in [0.4, 0.5) is 14.5 Å². The lowest BCUT2D eigenvalue weighted by molar-refractivity contribution is 0.101. The number of carbonyl (C=O) groups is 1. The second-order valence-corrected chi connectivity index (χ2v) is 8.05. The number of hydrogen-bond donors (Lipinski definition) is 2. The summed E-state index contributed by atoms with van der Waals surface area (Å²) < 4.78 is 36.2. The first-order valence-corrected chi connectivity index (χ1v) is 10.5. The van der Waals surface area contributed by atoms with Gasteiger partial charge in [0.15, 0.2) is 11.4 Å². The largest absolute Gasteiger partial charge is 0.501 e. The molecule has 0 saturated carbocycles. The van der Waals surface area contributed by atoms with Gasteiger partial charge < -0.3 is 14.9 Å². The highest BCUT2D eigenvalue weighted by molar-refractivity contribution is 6.04. The number of amides is 1. The normalized spacial score (nSPS) is 12.7. The number of nitrogens with one attached hydrogen (secondary N) is 1. The lowest BCUT2D eigenvalue weighted by Gasteiger charge is -2.26. The summed E-state index contributed by atoms with van der Waals surface area (Å²) >= 11 is 0. The molecular formula is C23H19F2N7O4. The SMILES string of the molecule is C[C@@H](c1nc(C(=O)Nc2cnoc2)c(O)c(=O)n1C)[C@H](c1cc(F)ccc1F)c1cn(C)nc1C#N. The zero-order chi connectivity index (χ0) is 26.1. The Hall–Kier alpha value is -4.86. The van der Waals surface area contributed by atoms with Crippen LogP contribution in [0.15, 0.2) is 46.2 Å². The number of benzene rings is 1. The molecule has 0 unspecified atom stereocenters. The lowest BCUT2D eigenvalue weighted by atomic mass is 9.80. The average Bonchev–Trinajstić information content (AvgIpc) is 3.49. The van der Waals surface area contributed by atoms with E-state index in [0.717, 1.165) is 29.0 Å². The molecule has 1 aromatic carbocycles. The summed E-state index contributed by atoms with van der Waals surface area (Å²) in [6.07, 6.45) is 3.82. The van der Waals surface area contributed by atoms with Crippen molar-refractivity contribution in [1.29, 1.82) is 5.26 Å². The van der Waals surface area contributed by atoms with Gasteiger partial charge in [-0.3, -0.25) is 18.8 Å². The third-order valence-corrected chi connectivity index (χ3v) is 5.71. The molecule has 3 aromatic heterocycles. The number of nitrogens with zero attached hydrogens (tertiary/aromatic N) is 6. The van der Waals surface area contributed by atoms with E-state index >= 15 is 4.39 Å². The summed E-state index contributed by atoms with van der Waals surface area (Å²) in [6, 6.07) is 4.84. The van der Waals surface area contributed by atoms with Crippen LogP contribution in [0.3, 0.4) is 0 Å². The molecule has 0 aliphatic rings. The van der Waals surface area contributed by atoms with Crippen LogP contribution in [0.2, 0.25) is 0 Å². The first-order chi connectivity index (χ1) is 17.1. The number of halogens is 2. The molecular weight excluding hydrogens is 476 g/mol. The molecule has 2 N–H and O–H groups in total. The summed E-state index contributed by atoms with van der Waals surface area (Å²) in [5.74, 6) is -5.28. The van der Waals surface area contributed by atoms with Crippen LogP contribution >= 0.6 is 0 Å². The maximum absolute atomic E-state index is 15.0. The molecule has 13 heteroatoms. The maximum Gasteiger partial charge on any atom is 0.296 e. The molecule has 184 valence electrons. The highest BCUT2D eigenvalue weighted by Crippen LogP contribution is 2.40. The molecule has 36 heavy (non-hydrogen) atoms.